The van der Waals surface area contributed by atoms with E-state index in [1.165, 1.54) is 25.3 Å². The molecule has 0 aliphatic carbocycles. The fourth-order valence-electron chi connectivity index (χ4n) is 1.61. The Kier molecular flexibility index (Phi) is 4.29. The molecule has 0 unspecified atom stereocenters. The Morgan fingerprint density at radius 3 is 2.62 bits per heavy atom. The Labute approximate surface area is 123 Å². The van der Waals surface area contributed by atoms with Gasteiger partial charge in [0, 0.05) is 11.8 Å². The fourth-order valence-corrected chi connectivity index (χ4v) is 2.38. The molecule has 1 heterocycles. The number of amides is 2. The number of phenols is 1. The van der Waals surface area contributed by atoms with Crippen molar-refractivity contribution in [2.45, 2.75) is 0 Å². The van der Waals surface area contributed by atoms with Crippen LogP contribution in [0.3, 0.4) is 0 Å². The molecular formula is C13H12N2O5S. The van der Waals surface area contributed by atoms with Crippen LogP contribution in [0, 0.1) is 0 Å². The van der Waals surface area contributed by atoms with E-state index in [-0.39, 0.29) is 22.1 Å². The van der Waals surface area contributed by atoms with Gasteiger partial charge in [-0.1, -0.05) is 0 Å². The van der Waals surface area contributed by atoms with Gasteiger partial charge in [0.15, 0.2) is 11.5 Å². The number of carboxylic acids is 1. The Morgan fingerprint density at radius 2 is 2.00 bits per heavy atom. The van der Waals surface area contributed by atoms with Gasteiger partial charge in [0.05, 0.1) is 12.7 Å². The number of carbonyl (C=O) groups excluding carboxylic acids is 1. The smallest absolute Gasteiger partial charge is 0.338 e. The second-order valence-corrected chi connectivity index (χ2v) is 4.85. The van der Waals surface area contributed by atoms with Gasteiger partial charge >= 0.3 is 12.0 Å². The molecule has 0 fully saturated rings. The zero-order chi connectivity index (χ0) is 15.4. The van der Waals surface area contributed by atoms with E-state index in [9.17, 15) is 14.7 Å². The zero-order valence-corrected chi connectivity index (χ0v) is 11.7. The SMILES string of the molecule is COc1ccc(NC(=O)Nc2sccc2C(=O)O)cc1O. The van der Waals surface area contributed by atoms with Crippen molar-refractivity contribution < 1.29 is 24.5 Å². The first kappa shape index (κ1) is 14.7. The van der Waals surface area contributed by atoms with Crippen LogP contribution in [0.2, 0.25) is 0 Å². The summed E-state index contributed by atoms with van der Waals surface area (Å²) < 4.78 is 4.89. The lowest BCUT2D eigenvalue weighted by atomic mass is 10.3. The minimum Gasteiger partial charge on any atom is -0.504 e. The van der Waals surface area contributed by atoms with Crippen LogP contribution in [0.25, 0.3) is 0 Å². The van der Waals surface area contributed by atoms with E-state index in [1.54, 1.807) is 11.4 Å². The van der Waals surface area contributed by atoms with Gasteiger partial charge in [-0.05, 0) is 23.6 Å². The van der Waals surface area contributed by atoms with Crippen LogP contribution in [0.1, 0.15) is 10.4 Å². The molecule has 0 saturated carbocycles. The number of benzene rings is 1. The maximum absolute atomic E-state index is 11.8. The second-order valence-electron chi connectivity index (χ2n) is 3.93. The topological polar surface area (TPSA) is 108 Å². The number of carbonyl (C=O) groups is 2. The van der Waals surface area contributed by atoms with Gasteiger partial charge < -0.3 is 20.3 Å². The summed E-state index contributed by atoms with van der Waals surface area (Å²) in [7, 11) is 1.42. The second kappa shape index (κ2) is 6.14. The van der Waals surface area contributed by atoms with Gasteiger partial charge in [-0.2, -0.15) is 0 Å². The van der Waals surface area contributed by atoms with Crippen molar-refractivity contribution >= 4 is 34.0 Å². The van der Waals surface area contributed by atoms with Crippen molar-refractivity contribution in [1.82, 2.24) is 0 Å². The average molecular weight is 308 g/mol. The molecular weight excluding hydrogens is 296 g/mol. The van der Waals surface area contributed by atoms with Gasteiger partial charge in [-0.15, -0.1) is 11.3 Å². The molecule has 1 aromatic heterocycles. The summed E-state index contributed by atoms with van der Waals surface area (Å²) in [6.45, 7) is 0. The lowest BCUT2D eigenvalue weighted by Gasteiger charge is -2.09. The van der Waals surface area contributed by atoms with Crippen molar-refractivity contribution in [1.29, 1.82) is 0 Å². The number of aromatic carboxylic acids is 1. The summed E-state index contributed by atoms with van der Waals surface area (Å²) in [6, 6.07) is 5.17. The number of ether oxygens (including phenoxy) is 1. The number of anilines is 2. The van der Waals surface area contributed by atoms with Crippen LogP contribution in [0.4, 0.5) is 15.5 Å². The molecule has 21 heavy (non-hydrogen) atoms. The van der Waals surface area contributed by atoms with E-state index in [0.717, 1.165) is 11.3 Å². The predicted molar refractivity (Wildman–Crippen MR) is 78.6 cm³/mol. The molecule has 0 spiro atoms. The van der Waals surface area contributed by atoms with Crippen LogP contribution in [0.15, 0.2) is 29.6 Å². The number of hydrogen-bond donors (Lipinski definition) is 4. The average Bonchev–Trinajstić information content (AvgIpc) is 2.87. The first-order valence-corrected chi connectivity index (χ1v) is 6.65. The number of hydrogen-bond acceptors (Lipinski definition) is 5. The number of nitrogens with one attached hydrogen (secondary N) is 2. The van der Waals surface area contributed by atoms with E-state index >= 15 is 0 Å². The highest BCUT2D eigenvalue weighted by Crippen LogP contribution is 2.29. The molecule has 0 aliphatic rings. The largest absolute Gasteiger partial charge is 0.504 e. The van der Waals surface area contributed by atoms with Gasteiger partial charge in [0.1, 0.15) is 5.00 Å². The quantitative estimate of drug-likeness (QED) is 0.694. The van der Waals surface area contributed by atoms with E-state index in [4.69, 9.17) is 9.84 Å². The highest BCUT2D eigenvalue weighted by atomic mass is 32.1. The summed E-state index contributed by atoms with van der Waals surface area (Å²) >= 11 is 1.10. The molecule has 4 N–H and O–H groups in total. The highest BCUT2D eigenvalue weighted by Gasteiger charge is 2.14. The van der Waals surface area contributed by atoms with Crippen LogP contribution in [-0.4, -0.2) is 29.3 Å². The van der Waals surface area contributed by atoms with Crippen molar-refractivity contribution in [3.8, 4) is 11.5 Å². The van der Waals surface area contributed by atoms with Crippen molar-refractivity contribution in [2.75, 3.05) is 17.7 Å². The molecule has 1 aromatic carbocycles. The van der Waals surface area contributed by atoms with E-state index in [0.29, 0.717) is 5.69 Å². The Morgan fingerprint density at radius 1 is 1.24 bits per heavy atom. The summed E-state index contributed by atoms with van der Waals surface area (Å²) in [4.78, 5) is 22.7. The predicted octanol–water partition coefficient (Wildman–Crippen LogP) is 2.80. The molecule has 0 radical (unpaired) electrons. The third-order valence-corrected chi connectivity index (χ3v) is 3.39. The first-order valence-electron chi connectivity index (χ1n) is 5.77. The van der Waals surface area contributed by atoms with E-state index in [2.05, 4.69) is 10.6 Å². The third-order valence-electron chi connectivity index (χ3n) is 2.56. The van der Waals surface area contributed by atoms with Gasteiger partial charge in [0.2, 0.25) is 0 Å². The molecule has 0 bridgehead atoms. The maximum Gasteiger partial charge on any atom is 0.338 e. The number of phenolic OH excluding ortho intramolecular Hbond substituents is 1. The van der Waals surface area contributed by atoms with E-state index < -0.39 is 12.0 Å². The molecule has 2 amide bonds. The third kappa shape index (κ3) is 3.42. The number of methoxy groups -OCH3 is 1. The highest BCUT2D eigenvalue weighted by molar-refractivity contribution is 7.14. The van der Waals surface area contributed by atoms with Crippen LogP contribution >= 0.6 is 11.3 Å². The summed E-state index contributed by atoms with van der Waals surface area (Å²) in [6.07, 6.45) is 0. The van der Waals surface area contributed by atoms with Crippen molar-refractivity contribution in [3.05, 3.63) is 35.2 Å². The molecule has 0 saturated heterocycles. The summed E-state index contributed by atoms with van der Waals surface area (Å²) in [5, 5.41) is 25.3. The Bertz CT molecular complexity index is 683. The molecule has 2 aromatic rings. The number of urea groups is 1. The van der Waals surface area contributed by atoms with Crippen LogP contribution < -0.4 is 15.4 Å². The first-order chi connectivity index (χ1) is 10.0. The number of thiophene rings is 1. The molecule has 2 rings (SSSR count). The zero-order valence-electron chi connectivity index (χ0n) is 10.9. The molecule has 0 atom stereocenters. The summed E-state index contributed by atoms with van der Waals surface area (Å²) in [5.41, 5.74) is 0.368. The van der Waals surface area contributed by atoms with Crippen molar-refractivity contribution in [3.63, 3.8) is 0 Å². The molecule has 8 heteroatoms. The standard InChI is InChI=1S/C13H12N2O5S/c1-20-10-3-2-7(6-9(10)16)14-13(19)15-11-8(12(17)18)4-5-21-11/h2-6,16H,1H3,(H,17,18)(H2,14,15,19). The molecule has 110 valence electrons. The van der Waals surface area contributed by atoms with Gasteiger partial charge in [0.25, 0.3) is 0 Å². The van der Waals surface area contributed by atoms with Crippen molar-refractivity contribution in [2.24, 2.45) is 0 Å². The maximum atomic E-state index is 11.8. The minimum absolute atomic E-state index is 0.0210. The fraction of sp³-hybridized carbons (Fsp3) is 0.0769. The normalized spacial score (nSPS) is 9.95. The van der Waals surface area contributed by atoms with Crippen LogP contribution in [-0.2, 0) is 0 Å². The van der Waals surface area contributed by atoms with Gasteiger partial charge in [-0.25, -0.2) is 9.59 Å². The number of rotatable bonds is 4. The minimum atomic E-state index is -1.12. The van der Waals surface area contributed by atoms with E-state index in [1.807, 2.05) is 0 Å². The monoisotopic (exact) mass is 308 g/mol. The molecule has 7 nitrogen and oxygen atoms in total. The lowest BCUT2D eigenvalue weighted by Crippen LogP contribution is -2.19. The number of carboxylic acid groups (broad SMARTS) is 1. The van der Waals surface area contributed by atoms with Gasteiger partial charge in [-0.3, -0.25) is 5.32 Å². The Balaban J connectivity index is 2.06. The molecule has 0 aliphatic heterocycles. The lowest BCUT2D eigenvalue weighted by molar-refractivity contribution is 0.0698. The number of aromatic hydroxyl groups is 1. The Hall–Kier alpha value is -2.74. The summed E-state index contributed by atoms with van der Waals surface area (Å²) in [5.74, 6) is -0.946. The van der Waals surface area contributed by atoms with Crippen LogP contribution in [0.5, 0.6) is 11.5 Å².